The minimum atomic E-state index is 0.175. The maximum absolute atomic E-state index is 13.0. The molecule has 0 saturated heterocycles. The smallest absolute Gasteiger partial charge is 0.161 e. The van der Waals surface area contributed by atoms with Crippen LogP contribution in [0.2, 0.25) is 0 Å². The van der Waals surface area contributed by atoms with Crippen molar-refractivity contribution in [1.82, 2.24) is 4.90 Å². The van der Waals surface area contributed by atoms with Crippen molar-refractivity contribution in [3.05, 3.63) is 41.5 Å². The number of nitrogens with zero attached hydrogens (tertiary/aromatic N) is 1. The predicted molar refractivity (Wildman–Crippen MR) is 209 cm³/mol. The van der Waals surface area contributed by atoms with Crippen molar-refractivity contribution in [1.29, 1.82) is 0 Å². The number of ketones is 1. The molecule has 11 atom stereocenters. The number of para-hydroxylation sites is 1. The zero-order valence-electron chi connectivity index (χ0n) is 34.7. The summed E-state index contributed by atoms with van der Waals surface area (Å²) in [6.07, 6.45) is 5.02. The fraction of sp³-hybridized carbons (Fsp3) is 0.795. The van der Waals surface area contributed by atoms with Gasteiger partial charge < -0.3 is 9.64 Å². The van der Waals surface area contributed by atoms with E-state index in [1.807, 2.05) is 55.4 Å². The maximum Gasteiger partial charge on any atom is 0.161 e. The first-order valence-electron chi connectivity index (χ1n) is 20.0. The van der Waals surface area contributed by atoms with E-state index in [1.165, 1.54) is 12.8 Å². The van der Waals surface area contributed by atoms with Gasteiger partial charge in [-0.25, -0.2) is 0 Å². The molecule has 0 radical (unpaired) electrons. The van der Waals surface area contributed by atoms with Gasteiger partial charge in [0.15, 0.2) is 5.78 Å². The number of hydrogen-bond donors (Lipinski definition) is 0. The van der Waals surface area contributed by atoms with Crippen LogP contribution >= 0.6 is 0 Å². The molecular weight excluding hydrogens is 574 g/mol. The molecular formula is C44H81NO2. The van der Waals surface area contributed by atoms with Crippen LogP contribution in [0.15, 0.2) is 41.5 Å². The second-order valence-electron chi connectivity index (χ2n) is 14.5. The molecule has 5 rings (SSSR count). The third-order valence-corrected chi connectivity index (χ3v) is 12.0. The molecule has 3 saturated carbocycles. The topological polar surface area (TPSA) is 29.5 Å². The van der Waals surface area contributed by atoms with Gasteiger partial charge in [-0.05, 0) is 130 Å². The lowest BCUT2D eigenvalue weighted by atomic mass is 9.44. The van der Waals surface area contributed by atoms with Crippen molar-refractivity contribution in [3.63, 3.8) is 0 Å². The van der Waals surface area contributed by atoms with Crippen molar-refractivity contribution in [2.24, 2.45) is 64.6 Å². The molecule has 0 amide bonds. The number of hydrogen-bond acceptors (Lipinski definition) is 3. The summed E-state index contributed by atoms with van der Waals surface area (Å²) in [5.74, 6) is 7.92. The Bertz CT molecular complexity index is 1010. The van der Waals surface area contributed by atoms with E-state index in [9.17, 15) is 4.79 Å². The van der Waals surface area contributed by atoms with Crippen LogP contribution in [0.25, 0.3) is 0 Å². The first-order chi connectivity index (χ1) is 22.4. The molecule has 0 spiro atoms. The van der Waals surface area contributed by atoms with E-state index in [0.717, 1.165) is 66.9 Å². The Labute approximate surface area is 295 Å². The number of carbonyl (C=O) groups is 1. The quantitative estimate of drug-likeness (QED) is 0.316. The number of fused-ring (bicyclic) bond motifs is 5. The molecule has 4 aliphatic rings. The average molecular weight is 656 g/mol. The van der Waals surface area contributed by atoms with E-state index in [1.54, 1.807) is 5.57 Å². The van der Waals surface area contributed by atoms with Crippen LogP contribution < -0.4 is 4.74 Å². The molecule has 9 unspecified atom stereocenters. The molecule has 0 bridgehead atoms. The monoisotopic (exact) mass is 656 g/mol. The van der Waals surface area contributed by atoms with Crippen LogP contribution in [0.1, 0.15) is 136 Å². The number of benzene rings is 1. The number of rotatable bonds is 5. The third kappa shape index (κ3) is 10.4. The van der Waals surface area contributed by atoms with Gasteiger partial charge in [0.2, 0.25) is 0 Å². The molecule has 0 heterocycles. The summed E-state index contributed by atoms with van der Waals surface area (Å²) in [5.41, 5.74) is 3.07. The molecule has 1 aromatic rings. The molecule has 0 aromatic heterocycles. The van der Waals surface area contributed by atoms with Crippen LogP contribution in [0.3, 0.4) is 0 Å². The molecule has 0 aliphatic heterocycles. The van der Waals surface area contributed by atoms with E-state index < -0.39 is 0 Å². The fourth-order valence-corrected chi connectivity index (χ4v) is 9.91. The zero-order chi connectivity index (χ0) is 36.6. The van der Waals surface area contributed by atoms with Gasteiger partial charge in [-0.2, -0.15) is 0 Å². The fourth-order valence-electron chi connectivity index (χ4n) is 9.91. The summed E-state index contributed by atoms with van der Waals surface area (Å²) < 4.78 is 6.18. The van der Waals surface area contributed by atoms with Crippen LogP contribution in [0.5, 0.6) is 5.75 Å². The maximum atomic E-state index is 13.0. The molecule has 0 N–H and O–H groups in total. The van der Waals surface area contributed by atoms with Gasteiger partial charge in [-0.15, -0.1) is 0 Å². The standard InChI is InChI=1S/C32H46O2.C4H11N.4C2H6/c1-18-16-27-28-19(2)15-25-23(6)31(33)22(5)21(4)30(25)29(28)20(3)17-32(27,7)26(18)13-14-34-24-11-9-8-10-12-24;1-4-5(2)3;4*1-2/h8-12,18-22,26-30H,13-17H2,1-7H3;4H2,1-3H3;4*1-2H3/t18?,19-,20?,21?,22?,26+,27?,28?,29?,30?,32?;;;;;/m1...../s1. The highest BCUT2D eigenvalue weighted by Crippen LogP contribution is 2.68. The van der Waals surface area contributed by atoms with Gasteiger partial charge in [-0.1, -0.05) is 128 Å². The SMILES string of the molecule is CC.CC.CC.CC.CC1=C2C[C@@H](C)C3C(C(C)CC4(C)C3CC(C)[C@@H]4CCOc3ccccc3)C2C(C)C(C)C1=O.CCN(C)C. The number of Topliss-reactive ketones (excluding diaryl/α,β-unsaturated/α-hetero) is 1. The first kappa shape index (κ1) is 45.4. The lowest BCUT2D eigenvalue weighted by Gasteiger charge is -2.60. The second kappa shape index (κ2) is 22.2. The van der Waals surface area contributed by atoms with E-state index in [0.29, 0.717) is 34.9 Å². The van der Waals surface area contributed by atoms with E-state index in [-0.39, 0.29) is 5.92 Å². The highest BCUT2D eigenvalue weighted by molar-refractivity contribution is 5.98. The minimum absolute atomic E-state index is 0.175. The first-order valence-corrected chi connectivity index (χ1v) is 20.0. The molecule has 3 heteroatoms. The Hall–Kier alpha value is -1.61. The number of carbonyl (C=O) groups excluding carboxylic acids is 1. The lowest BCUT2D eigenvalue weighted by Crippen LogP contribution is -2.55. The number of ether oxygens (including phenoxy) is 1. The van der Waals surface area contributed by atoms with Gasteiger partial charge in [0, 0.05) is 5.92 Å². The molecule has 3 fully saturated rings. The third-order valence-electron chi connectivity index (χ3n) is 12.0. The summed E-state index contributed by atoms with van der Waals surface area (Å²) in [4.78, 5) is 15.1. The average Bonchev–Trinajstić information content (AvgIpc) is 3.35. The summed E-state index contributed by atoms with van der Waals surface area (Å²) in [7, 11) is 4.11. The molecule has 4 aliphatic carbocycles. The van der Waals surface area contributed by atoms with Crippen molar-refractivity contribution in [2.75, 3.05) is 27.2 Å². The van der Waals surface area contributed by atoms with E-state index >= 15 is 0 Å². The highest BCUT2D eigenvalue weighted by Gasteiger charge is 2.62. The summed E-state index contributed by atoms with van der Waals surface area (Å²) in [5, 5.41) is 0. The van der Waals surface area contributed by atoms with Crippen molar-refractivity contribution >= 4 is 5.78 Å². The summed E-state index contributed by atoms with van der Waals surface area (Å²) >= 11 is 0. The summed E-state index contributed by atoms with van der Waals surface area (Å²) in [6.45, 7) is 37.0. The van der Waals surface area contributed by atoms with Gasteiger partial charge in [0.1, 0.15) is 5.75 Å². The van der Waals surface area contributed by atoms with Crippen molar-refractivity contribution in [3.8, 4) is 5.75 Å². The molecule has 3 nitrogen and oxygen atoms in total. The van der Waals surface area contributed by atoms with Crippen LogP contribution in [-0.4, -0.2) is 37.9 Å². The van der Waals surface area contributed by atoms with Crippen molar-refractivity contribution in [2.45, 2.75) is 136 Å². The Kier molecular flexibility index (Phi) is 21.4. The van der Waals surface area contributed by atoms with E-state index in [2.05, 4.69) is 105 Å². The Balaban J connectivity index is 0.00000143. The Morgan fingerprint density at radius 3 is 1.87 bits per heavy atom. The van der Waals surface area contributed by atoms with Gasteiger partial charge in [0.05, 0.1) is 6.61 Å². The molecule has 274 valence electrons. The van der Waals surface area contributed by atoms with Crippen LogP contribution in [-0.2, 0) is 4.79 Å². The van der Waals surface area contributed by atoms with Crippen molar-refractivity contribution < 1.29 is 9.53 Å². The molecule has 1 aromatic carbocycles. The minimum Gasteiger partial charge on any atom is -0.494 e. The largest absolute Gasteiger partial charge is 0.494 e. The lowest BCUT2D eigenvalue weighted by molar-refractivity contribution is -0.126. The molecule has 47 heavy (non-hydrogen) atoms. The predicted octanol–water partition coefficient (Wildman–Crippen LogP) is 12.5. The van der Waals surface area contributed by atoms with Gasteiger partial charge in [-0.3, -0.25) is 4.79 Å². The highest BCUT2D eigenvalue weighted by atomic mass is 16.5. The van der Waals surface area contributed by atoms with Gasteiger partial charge in [0.25, 0.3) is 0 Å². The second-order valence-corrected chi connectivity index (χ2v) is 14.5. The van der Waals surface area contributed by atoms with Gasteiger partial charge >= 0.3 is 0 Å². The zero-order valence-corrected chi connectivity index (χ0v) is 34.7. The van der Waals surface area contributed by atoms with E-state index in [4.69, 9.17) is 4.74 Å². The van der Waals surface area contributed by atoms with Crippen LogP contribution in [0.4, 0.5) is 0 Å². The normalized spacial score (nSPS) is 34.8. The summed E-state index contributed by atoms with van der Waals surface area (Å²) in [6, 6.07) is 10.3. The van der Waals surface area contributed by atoms with Crippen LogP contribution in [0, 0.1) is 64.6 Å². The Morgan fingerprint density at radius 1 is 0.830 bits per heavy atom. The Morgan fingerprint density at radius 2 is 1.36 bits per heavy atom. The number of allylic oxidation sites excluding steroid dienone is 1.